The summed E-state index contributed by atoms with van der Waals surface area (Å²) in [5, 5.41) is 2.65. The van der Waals surface area contributed by atoms with Crippen molar-refractivity contribution >= 4 is 6.09 Å². The third-order valence-electron chi connectivity index (χ3n) is 2.36. The Labute approximate surface area is 120 Å². The zero-order valence-electron chi connectivity index (χ0n) is 12.4. The number of benzene rings is 1. The van der Waals surface area contributed by atoms with Crippen LogP contribution >= 0.6 is 0 Å². The third kappa shape index (κ3) is 6.27. The Morgan fingerprint density at radius 3 is 2.70 bits per heavy atom. The molecule has 110 valence electrons. The summed E-state index contributed by atoms with van der Waals surface area (Å²) < 4.78 is 10.8. The molecular formula is C16H23NO3. The smallest absolute Gasteiger partial charge is 0.407 e. The Hall–Kier alpha value is -1.97. The van der Waals surface area contributed by atoms with Crippen LogP contribution in [-0.4, -0.2) is 24.8 Å². The van der Waals surface area contributed by atoms with Gasteiger partial charge in [0.25, 0.3) is 0 Å². The van der Waals surface area contributed by atoms with Crippen molar-refractivity contribution < 1.29 is 14.3 Å². The number of alkyl carbamates (subject to hydrolysis) is 1. The highest BCUT2D eigenvalue weighted by Crippen LogP contribution is 2.18. The fraction of sp³-hybridized carbons (Fsp3) is 0.438. The normalized spacial score (nSPS) is 10.8. The zero-order valence-corrected chi connectivity index (χ0v) is 12.4. The highest BCUT2D eigenvalue weighted by atomic mass is 16.6. The first-order valence-corrected chi connectivity index (χ1v) is 6.71. The number of carbonyl (C=O) groups is 1. The first kappa shape index (κ1) is 16.1. The lowest BCUT2D eigenvalue weighted by molar-refractivity contribution is 0.0520. The lowest BCUT2D eigenvalue weighted by atomic mass is 10.1. The van der Waals surface area contributed by atoms with Gasteiger partial charge in [0.05, 0.1) is 6.54 Å². The van der Waals surface area contributed by atoms with Crippen LogP contribution in [0.15, 0.2) is 36.9 Å². The highest BCUT2D eigenvalue weighted by molar-refractivity contribution is 5.67. The molecular weight excluding hydrogens is 254 g/mol. The largest absolute Gasteiger partial charge is 0.491 e. The monoisotopic (exact) mass is 277 g/mol. The number of carbonyl (C=O) groups excluding carboxylic acids is 1. The van der Waals surface area contributed by atoms with Crippen LogP contribution in [0.1, 0.15) is 26.3 Å². The first-order chi connectivity index (χ1) is 9.42. The number of para-hydroxylation sites is 1. The fourth-order valence-electron chi connectivity index (χ4n) is 1.60. The topological polar surface area (TPSA) is 47.6 Å². The quantitative estimate of drug-likeness (QED) is 0.641. The average Bonchev–Trinajstić information content (AvgIpc) is 2.34. The van der Waals surface area contributed by atoms with Crippen molar-refractivity contribution in [2.24, 2.45) is 0 Å². The molecule has 0 spiro atoms. The van der Waals surface area contributed by atoms with E-state index in [-0.39, 0.29) is 0 Å². The minimum absolute atomic E-state index is 0.396. The Morgan fingerprint density at radius 1 is 1.35 bits per heavy atom. The van der Waals surface area contributed by atoms with Gasteiger partial charge in [-0.2, -0.15) is 0 Å². The summed E-state index contributed by atoms with van der Waals surface area (Å²) in [6.45, 7) is 10.0. The van der Waals surface area contributed by atoms with Gasteiger partial charge in [-0.3, -0.25) is 0 Å². The fourth-order valence-corrected chi connectivity index (χ4v) is 1.60. The minimum Gasteiger partial charge on any atom is -0.491 e. The van der Waals surface area contributed by atoms with Crippen molar-refractivity contribution in [3.63, 3.8) is 0 Å². The van der Waals surface area contributed by atoms with Gasteiger partial charge >= 0.3 is 6.09 Å². The van der Waals surface area contributed by atoms with Crippen molar-refractivity contribution in [1.29, 1.82) is 0 Å². The van der Waals surface area contributed by atoms with Crippen LogP contribution in [0.3, 0.4) is 0 Å². The lowest BCUT2D eigenvalue weighted by Gasteiger charge is -2.19. The molecule has 1 aromatic rings. The van der Waals surface area contributed by atoms with E-state index in [2.05, 4.69) is 11.9 Å². The van der Waals surface area contributed by atoms with Gasteiger partial charge in [0, 0.05) is 0 Å². The molecule has 0 saturated carbocycles. The minimum atomic E-state index is -0.485. The summed E-state index contributed by atoms with van der Waals surface area (Å²) >= 11 is 0. The zero-order chi connectivity index (χ0) is 15.0. The van der Waals surface area contributed by atoms with Gasteiger partial charge in [0.15, 0.2) is 0 Å². The van der Waals surface area contributed by atoms with Crippen molar-refractivity contribution in [1.82, 2.24) is 5.32 Å². The molecule has 4 nitrogen and oxygen atoms in total. The maximum Gasteiger partial charge on any atom is 0.407 e. The molecule has 1 N–H and O–H groups in total. The second-order valence-corrected chi connectivity index (χ2v) is 5.38. The van der Waals surface area contributed by atoms with Crippen LogP contribution in [0.5, 0.6) is 5.75 Å². The summed E-state index contributed by atoms with van der Waals surface area (Å²) in [4.78, 5) is 11.4. The standard InChI is InChI=1S/C16H23NO3/c1-5-8-13-9-6-7-10-14(13)19-12-11-17-15(18)20-16(2,3)4/h5-7,9-10H,1,8,11-12H2,2-4H3,(H,17,18). The lowest BCUT2D eigenvalue weighted by Crippen LogP contribution is -2.34. The molecule has 0 aliphatic carbocycles. The highest BCUT2D eigenvalue weighted by Gasteiger charge is 2.15. The van der Waals surface area contributed by atoms with Crippen LogP contribution in [-0.2, 0) is 11.2 Å². The van der Waals surface area contributed by atoms with Crippen LogP contribution in [0.4, 0.5) is 4.79 Å². The summed E-state index contributed by atoms with van der Waals surface area (Å²) in [5.74, 6) is 0.818. The van der Waals surface area contributed by atoms with Gasteiger partial charge in [0.1, 0.15) is 18.0 Å². The van der Waals surface area contributed by atoms with Crippen molar-refractivity contribution in [2.75, 3.05) is 13.2 Å². The van der Waals surface area contributed by atoms with Crippen LogP contribution in [0, 0.1) is 0 Å². The summed E-state index contributed by atoms with van der Waals surface area (Å²) in [5.41, 5.74) is 0.598. The van der Waals surface area contributed by atoms with E-state index < -0.39 is 11.7 Å². The van der Waals surface area contributed by atoms with E-state index >= 15 is 0 Å². The molecule has 1 aromatic carbocycles. The molecule has 0 heterocycles. The van der Waals surface area contributed by atoms with Crippen LogP contribution < -0.4 is 10.1 Å². The third-order valence-corrected chi connectivity index (χ3v) is 2.36. The van der Waals surface area contributed by atoms with E-state index in [9.17, 15) is 4.79 Å². The molecule has 0 radical (unpaired) electrons. The predicted octanol–water partition coefficient (Wildman–Crippen LogP) is 3.32. The molecule has 0 aliphatic heterocycles. The van der Waals surface area contributed by atoms with Gasteiger partial charge in [-0.25, -0.2) is 4.79 Å². The first-order valence-electron chi connectivity index (χ1n) is 6.71. The molecule has 0 bridgehead atoms. The molecule has 0 aliphatic rings. The molecule has 20 heavy (non-hydrogen) atoms. The average molecular weight is 277 g/mol. The second kappa shape index (κ2) is 7.58. The Kier molecular flexibility index (Phi) is 6.10. The molecule has 0 fully saturated rings. The number of ether oxygens (including phenoxy) is 2. The Balaban J connectivity index is 2.34. The van der Waals surface area contributed by atoms with Crippen molar-refractivity contribution in [2.45, 2.75) is 32.8 Å². The van der Waals surface area contributed by atoms with Gasteiger partial charge < -0.3 is 14.8 Å². The summed E-state index contributed by atoms with van der Waals surface area (Å²) in [6.07, 6.45) is 2.16. The van der Waals surface area contributed by atoms with E-state index in [1.165, 1.54) is 0 Å². The van der Waals surface area contributed by atoms with E-state index in [4.69, 9.17) is 9.47 Å². The second-order valence-electron chi connectivity index (χ2n) is 5.38. The number of nitrogens with one attached hydrogen (secondary N) is 1. The molecule has 0 atom stereocenters. The maximum absolute atomic E-state index is 11.4. The van der Waals surface area contributed by atoms with Crippen LogP contribution in [0.25, 0.3) is 0 Å². The van der Waals surface area contributed by atoms with E-state index in [1.807, 2.05) is 51.1 Å². The van der Waals surface area contributed by atoms with Gasteiger partial charge in [-0.1, -0.05) is 24.3 Å². The molecule has 0 saturated heterocycles. The summed E-state index contributed by atoms with van der Waals surface area (Å²) in [6, 6.07) is 7.79. The predicted molar refractivity (Wildman–Crippen MR) is 80.1 cm³/mol. The molecule has 4 heteroatoms. The molecule has 1 rings (SSSR count). The van der Waals surface area contributed by atoms with E-state index in [0.29, 0.717) is 13.2 Å². The van der Waals surface area contributed by atoms with Crippen LogP contribution in [0.2, 0.25) is 0 Å². The number of hydrogen-bond donors (Lipinski definition) is 1. The number of allylic oxidation sites excluding steroid dienone is 1. The SMILES string of the molecule is C=CCc1ccccc1OCCNC(=O)OC(C)(C)C. The van der Waals surface area contributed by atoms with Gasteiger partial charge in [-0.15, -0.1) is 6.58 Å². The van der Waals surface area contributed by atoms with Crippen molar-refractivity contribution in [3.05, 3.63) is 42.5 Å². The maximum atomic E-state index is 11.4. The van der Waals surface area contributed by atoms with Gasteiger partial charge in [0.2, 0.25) is 0 Å². The van der Waals surface area contributed by atoms with Gasteiger partial charge in [-0.05, 0) is 38.8 Å². The summed E-state index contributed by atoms with van der Waals surface area (Å²) in [7, 11) is 0. The van der Waals surface area contributed by atoms with E-state index in [0.717, 1.165) is 17.7 Å². The Morgan fingerprint density at radius 2 is 2.05 bits per heavy atom. The van der Waals surface area contributed by atoms with E-state index in [1.54, 1.807) is 0 Å². The van der Waals surface area contributed by atoms with Crippen molar-refractivity contribution in [3.8, 4) is 5.75 Å². The molecule has 0 unspecified atom stereocenters. The number of rotatable bonds is 6. The number of hydrogen-bond acceptors (Lipinski definition) is 3. The molecule has 0 aromatic heterocycles. The Bertz CT molecular complexity index is 449. The molecule has 1 amide bonds. The number of amides is 1.